The molecule has 0 spiro atoms. The zero-order valence-electron chi connectivity index (χ0n) is 9.22. The van der Waals surface area contributed by atoms with Gasteiger partial charge in [-0.05, 0) is 30.3 Å². The quantitative estimate of drug-likeness (QED) is 0.740. The first-order valence-electron chi connectivity index (χ1n) is 5.19. The van der Waals surface area contributed by atoms with Gasteiger partial charge in [0.25, 0.3) is 0 Å². The summed E-state index contributed by atoms with van der Waals surface area (Å²) in [5, 5.41) is 0. The van der Waals surface area contributed by atoms with Crippen LogP contribution in [-0.2, 0) is 0 Å². The first-order chi connectivity index (χ1) is 8.38. The molecule has 1 radical (unpaired) electrons. The minimum absolute atomic E-state index is 0.254. The van der Waals surface area contributed by atoms with E-state index < -0.39 is 0 Å². The molecule has 2 aromatic carbocycles. The van der Waals surface area contributed by atoms with Crippen molar-refractivity contribution in [1.82, 2.24) is 0 Å². The van der Waals surface area contributed by atoms with Gasteiger partial charge in [0.2, 0.25) is 0 Å². The molecule has 0 N–H and O–H groups in total. The molecule has 0 amide bonds. The number of ether oxygens (including phenoxy) is 2. The van der Waals surface area contributed by atoms with E-state index in [1.54, 1.807) is 18.2 Å². The highest BCUT2D eigenvalue weighted by Gasteiger charge is 1.98. The van der Waals surface area contributed by atoms with Gasteiger partial charge in [0, 0.05) is 6.07 Å². The molecule has 0 unspecified atom stereocenters. The highest BCUT2D eigenvalue weighted by molar-refractivity contribution is 5.36. The van der Waals surface area contributed by atoms with E-state index in [0.29, 0.717) is 11.5 Å². The lowest BCUT2D eigenvalue weighted by molar-refractivity contribution is 0.367. The second-order valence-electron chi connectivity index (χ2n) is 3.31. The summed E-state index contributed by atoms with van der Waals surface area (Å²) in [6, 6.07) is 17.6. The Kier molecular flexibility index (Phi) is 3.67. The molecule has 0 aliphatic heterocycles. The molecular formula is C15H11O2. The van der Waals surface area contributed by atoms with E-state index in [2.05, 4.69) is 12.0 Å². The SMILES string of the molecule is C#CCOc1cccc(Oc2cc[c]cc2)c1. The third kappa shape index (κ3) is 3.29. The topological polar surface area (TPSA) is 18.5 Å². The maximum atomic E-state index is 5.65. The van der Waals surface area contributed by atoms with Crippen LogP contribution in [0, 0.1) is 18.4 Å². The summed E-state index contributed by atoms with van der Waals surface area (Å²) in [7, 11) is 0. The van der Waals surface area contributed by atoms with Gasteiger partial charge in [-0.1, -0.05) is 24.1 Å². The van der Waals surface area contributed by atoms with E-state index in [-0.39, 0.29) is 6.61 Å². The van der Waals surface area contributed by atoms with Crippen LogP contribution in [0.2, 0.25) is 0 Å². The lowest BCUT2D eigenvalue weighted by Crippen LogP contribution is -1.93. The van der Waals surface area contributed by atoms with Crippen LogP contribution in [0.4, 0.5) is 0 Å². The van der Waals surface area contributed by atoms with E-state index in [0.717, 1.165) is 5.75 Å². The molecule has 2 nitrogen and oxygen atoms in total. The summed E-state index contributed by atoms with van der Waals surface area (Å²) >= 11 is 0. The molecular weight excluding hydrogens is 212 g/mol. The third-order valence-electron chi connectivity index (χ3n) is 2.05. The van der Waals surface area contributed by atoms with E-state index in [9.17, 15) is 0 Å². The summed E-state index contributed by atoms with van der Waals surface area (Å²) in [4.78, 5) is 0. The zero-order chi connectivity index (χ0) is 11.9. The van der Waals surface area contributed by atoms with Crippen molar-refractivity contribution in [3.63, 3.8) is 0 Å². The summed E-state index contributed by atoms with van der Waals surface area (Å²) in [5.41, 5.74) is 0. The van der Waals surface area contributed by atoms with Crippen LogP contribution in [0.1, 0.15) is 0 Å². The molecule has 2 heteroatoms. The van der Waals surface area contributed by atoms with Crippen molar-refractivity contribution in [1.29, 1.82) is 0 Å². The smallest absolute Gasteiger partial charge is 0.148 e. The van der Waals surface area contributed by atoms with Gasteiger partial charge in [-0.2, -0.15) is 0 Å². The van der Waals surface area contributed by atoms with E-state index >= 15 is 0 Å². The number of rotatable bonds is 4. The molecule has 0 fully saturated rings. The van der Waals surface area contributed by atoms with Crippen molar-refractivity contribution in [2.45, 2.75) is 0 Å². The van der Waals surface area contributed by atoms with Gasteiger partial charge in [-0.3, -0.25) is 0 Å². The molecule has 0 saturated carbocycles. The van der Waals surface area contributed by atoms with Crippen LogP contribution in [0.25, 0.3) is 0 Å². The van der Waals surface area contributed by atoms with Crippen molar-refractivity contribution in [2.75, 3.05) is 6.61 Å². The largest absolute Gasteiger partial charge is 0.481 e. The minimum atomic E-state index is 0.254. The fourth-order valence-electron chi connectivity index (χ4n) is 1.33. The highest BCUT2D eigenvalue weighted by atomic mass is 16.5. The molecule has 0 atom stereocenters. The Bertz CT molecular complexity index is 512. The van der Waals surface area contributed by atoms with E-state index in [4.69, 9.17) is 15.9 Å². The standard InChI is InChI=1S/C15H11O2/c1-2-11-16-14-9-6-10-15(12-14)17-13-7-4-3-5-8-13/h1,4-10,12H,11H2. The lowest BCUT2D eigenvalue weighted by atomic mass is 10.3. The van der Waals surface area contributed by atoms with Crippen molar-refractivity contribution >= 4 is 0 Å². The number of terminal acetylenes is 1. The average Bonchev–Trinajstić information content (AvgIpc) is 2.38. The molecule has 17 heavy (non-hydrogen) atoms. The average molecular weight is 223 g/mol. The zero-order valence-corrected chi connectivity index (χ0v) is 9.22. The van der Waals surface area contributed by atoms with Crippen LogP contribution in [-0.4, -0.2) is 6.61 Å². The first-order valence-corrected chi connectivity index (χ1v) is 5.19. The third-order valence-corrected chi connectivity index (χ3v) is 2.05. The van der Waals surface area contributed by atoms with Crippen LogP contribution in [0.15, 0.2) is 48.5 Å². The van der Waals surface area contributed by atoms with Crippen LogP contribution in [0.3, 0.4) is 0 Å². The Morgan fingerprint density at radius 1 is 1.06 bits per heavy atom. The van der Waals surface area contributed by atoms with Crippen LogP contribution in [0.5, 0.6) is 17.2 Å². The number of benzene rings is 2. The van der Waals surface area contributed by atoms with Gasteiger partial charge in [0.05, 0.1) is 0 Å². The number of hydrogen-bond acceptors (Lipinski definition) is 2. The molecule has 0 aliphatic rings. The summed E-state index contributed by atoms with van der Waals surface area (Å²) < 4.78 is 11.0. The molecule has 0 saturated heterocycles. The highest BCUT2D eigenvalue weighted by Crippen LogP contribution is 2.24. The van der Waals surface area contributed by atoms with Crippen molar-refractivity contribution in [3.05, 3.63) is 54.6 Å². The van der Waals surface area contributed by atoms with E-state index in [1.165, 1.54) is 0 Å². The predicted octanol–water partition coefficient (Wildman–Crippen LogP) is 3.29. The Labute approximate surface area is 101 Å². The Hall–Kier alpha value is -2.40. The van der Waals surface area contributed by atoms with Gasteiger partial charge in [-0.25, -0.2) is 0 Å². The van der Waals surface area contributed by atoms with Crippen LogP contribution < -0.4 is 9.47 Å². The lowest BCUT2D eigenvalue weighted by Gasteiger charge is -2.07. The molecule has 0 bridgehead atoms. The van der Waals surface area contributed by atoms with Gasteiger partial charge in [0.15, 0.2) is 0 Å². The van der Waals surface area contributed by atoms with Gasteiger partial charge in [-0.15, -0.1) is 6.42 Å². The van der Waals surface area contributed by atoms with Crippen molar-refractivity contribution in [3.8, 4) is 29.6 Å². The fraction of sp³-hybridized carbons (Fsp3) is 0.0667. The molecule has 2 rings (SSSR count). The van der Waals surface area contributed by atoms with Gasteiger partial charge in [0.1, 0.15) is 23.9 Å². The predicted molar refractivity (Wildman–Crippen MR) is 66.1 cm³/mol. The van der Waals surface area contributed by atoms with Crippen molar-refractivity contribution in [2.24, 2.45) is 0 Å². The maximum absolute atomic E-state index is 5.65. The Morgan fingerprint density at radius 3 is 2.59 bits per heavy atom. The molecule has 2 aromatic rings. The van der Waals surface area contributed by atoms with Gasteiger partial charge < -0.3 is 9.47 Å². The molecule has 83 valence electrons. The van der Waals surface area contributed by atoms with Gasteiger partial charge >= 0.3 is 0 Å². The summed E-state index contributed by atoms with van der Waals surface area (Å²) in [6.07, 6.45) is 5.13. The normalized spacial score (nSPS) is 9.35. The van der Waals surface area contributed by atoms with Crippen LogP contribution >= 0.6 is 0 Å². The monoisotopic (exact) mass is 223 g/mol. The second kappa shape index (κ2) is 5.62. The molecule has 0 heterocycles. The summed E-state index contributed by atoms with van der Waals surface area (Å²) in [6.45, 7) is 0.254. The summed E-state index contributed by atoms with van der Waals surface area (Å²) in [5.74, 6) is 4.59. The van der Waals surface area contributed by atoms with E-state index in [1.807, 2.05) is 30.3 Å². The molecule has 0 aliphatic carbocycles. The second-order valence-corrected chi connectivity index (χ2v) is 3.31. The molecule has 0 aromatic heterocycles. The first kappa shape index (κ1) is 11.1. The van der Waals surface area contributed by atoms with Crippen molar-refractivity contribution < 1.29 is 9.47 Å². The maximum Gasteiger partial charge on any atom is 0.148 e. The minimum Gasteiger partial charge on any atom is -0.481 e. The number of hydrogen-bond donors (Lipinski definition) is 0. The Balaban J connectivity index is 2.09. The Morgan fingerprint density at radius 2 is 1.82 bits per heavy atom. The fourth-order valence-corrected chi connectivity index (χ4v) is 1.33.